The number of fused-ring (bicyclic) bond motifs is 5. The summed E-state index contributed by atoms with van der Waals surface area (Å²) < 4.78 is 0. The maximum atomic E-state index is 2.67. The molecule has 19 heavy (non-hydrogen) atoms. The van der Waals surface area contributed by atoms with Crippen LogP contribution >= 0.6 is 0 Å². The molecule has 0 nitrogen and oxygen atoms in total. The largest absolute Gasteiger partial charge is 0.0877 e. The summed E-state index contributed by atoms with van der Waals surface area (Å²) >= 11 is 0. The minimum absolute atomic E-state index is 0.539. The number of hydrogen-bond donors (Lipinski definition) is 0. The predicted octanol–water partition coefficient (Wildman–Crippen LogP) is 5.51. The van der Waals surface area contributed by atoms with Gasteiger partial charge in [0.15, 0.2) is 0 Å². The van der Waals surface area contributed by atoms with E-state index in [1.54, 1.807) is 0 Å². The average molecular weight is 256 g/mol. The fraction of sp³-hybridized carbons (Fsp3) is 0.789. The van der Waals surface area contributed by atoms with Crippen LogP contribution in [0.15, 0.2) is 23.8 Å². The van der Waals surface area contributed by atoms with Gasteiger partial charge in [0, 0.05) is 0 Å². The summed E-state index contributed by atoms with van der Waals surface area (Å²) in [6, 6.07) is 0. The molecule has 0 radical (unpaired) electrons. The van der Waals surface area contributed by atoms with Crippen molar-refractivity contribution < 1.29 is 0 Å². The molecule has 4 aliphatic carbocycles. The Kier molecular flexibility index (Phi) is 2.57. The van der Waals surface area contributed by atoms with Crippen molar-refractivity contribution in [2.24, 2.45) is 28.6 Å². The van der Waals surface area contributed by atoms with Crippen molar-refractivity contribution in [3.05, 3.63) is 23.8 Å². The maximum Gasteiger partial charge on any atom is -0.00853 e. The van der Waals surface area contributed by atoms with Crippen molar-refractivity contribution in [3.63, 3.8) is 0 Å². The summed E-state index contributed by atoms with van der Waals surface area (Å²) in [6.07, 6.45) is 19.2. The van der Waals surface area contributed by atoms with Crippen LogP contribution in [0.5, 0.6) is 0 Å². The minimum atomic E-state index is 0.539. The maximum absolute atomic E-state index is 2.67. The Morgan fingerprint density at radius 1 is 1.05 bits per heavy atom. The van der Waals surface area contributed by atoms with Gasteiger partial charge >= 0.3 is 0 Å². The lowest BCUT2D eigenvalue weighted by Gasteiger charge is -2.56. The molecule has 0 aromatic heterocycles. The second-order valence-electron chi connectivity index (χ2n) is 8.15. The first kappa shape index (κ1) is 12.2. The molecule has 4 rings (SSSR count). The molecule has 5 atom stereocenters. The zero-order chi connectivity index (χ0) is 13.1. The zero-order valence-corrected chi connectivity index (χ0v) is 12.6. The lowest BCUT2D eigenvalue weighted by molar-refractivity contribution is -0.0130. The molecule has 0 aromatic rings. The van der Waals surface area contributed by atoms with E-state index in [1.165, 1.54) is 51.4 Å². The molecule has 5 unspecified atom stereocenters. The summed E-state index contributed by atoms with van der Waals surface area (Å²) in [5, 5.41) is 0. The minimum Gasteiger partial charge on any atom is -0.0877 e. The van der Waals surface area contributed by atoms with Gasteiger partial charge in [-0.25, -0.2) is 0 Å². The van der Waals surface area contributed by atoms with Crippen molar-refractivity contribution >= 4 is 0 Å². The summed E-state index contributed by atoms with van der Waals surface area (Å²) in [5.74, 6) is 2.91. The van der Waals surface area contributed by atoms with Crippen molar-refractivity contribution in [1.29, 1.82) is 0 Å². The molecular weight excluding hydrogens is 228 g/mol. The van der Waals surface area contributed by atoms with E-state index in [-0.39, 0.29) is 0 Å². The fourth-order valence-corrected chi connectivity index (χ4v) is 6.18. The molecule has 0 spiro atoms. The fourth-order valence-electron chi connectivity index (χ4n) is 6.18. The van der Waals surface area contributed by atoms with E-state index in [4.69, 9.17) is 0 Å². The molecule has 0 aliphatic heterocycles. The molecule has 0 heteroatoms. The van der Waals surface area contributed by atoms with Gasteiger partial charge in [-0.15, -0.1) is 0 Å². The molecule has 2 fully saturated rings. The lowest BCUT2D eigenvalue weighted by atomic mass is 9.48. The van der Waals surface area contributed by atoms with Crippen LogP contribution in [0.1, 0.15) is 65.2 Å². The summed E-state index contributed by atoms with van der Waals surface area (Å²) in [4.78, 5) is 0. The Bertz CT molecular complexity index is 443. The number of rotatable bonds is 0. The van der Waals surface area contributed by atoms with Gasteiger partial charge in [0.05, 0.1) is 0 Å². The molecule has 0 saturated heterocycles. The zero-order valence-electron chi connectivity index (χ0n) is 12.6. The van der Waals surface area contributed by atoms with Crippen LogP contribution in [-0.2, 0) is 0 Å². The van der Waals surface area contributed by atoms with E-state index in [1.807, 2.05) is 5.57 Å². The SMILES string of the molecule is CC12C=CCC1C1CC=C3CCCCC3(C)C1CC2. The lowest BCUT2D eigenvalue weighted by Crippen LogP contribution is -2.48. The first-order chi connectivity index (χ1) is 9.13. The molecular formula is C19H28. The molecule has 4 aliphatic rings. The first-order valence-corrected chi connectivity index (χ1v) is 8.51. The normalized spacial score (nSPS) is 52.1. The third kappa shape index (κ3) is 1.58. The van der Waals surface area contributed by atoms with Gasteiger partial charge in [-0.05, 0) is 73.5 Å². The van der Waals surface area contributed by atoms with Crippen LogP contribution in [-0.4, -0.2) is 0 Å². The highest BCUT2D eigenvalue weighted by molar-refractivity contribution is 5.25. The Morgan fingerprint density at radius 3 is 2.84 bits per heavy atom. The first-order valence-electron chi connectivity index (χ1n) is 8.51. The van der Waals surface area contributed by atoms with Crippen LogP contribution < -0.4 is 0 Å². The Balaban J connectivity index is 1.71. The van der Waals surface area contributed by atoms with Gasteiger partial charge in [-0.2, -0.15) is 0 Å². The van der Waals surface area contributed by atoms with Crippen LogP contribution in [0.4, 0.5) is 0 Å². The Hall–Kier alpha value is -0.520. The molecule has 0 aromatic carbocycles. The Labute approximate surface area is 118 Å². The van der Waals surface area contributed by atoms with Crippen molar-refractivity contribution in [2.45, 2.75) is 65.2 Å². The van der Waals surface area contributed by atoms with Gasteiger partial charge in [0.2, 0.25) is 0 Å². The standard InChI is InChI=1S/C19H28/c1-18-11-5-7-16(18)15-9-8-14-6-3-4-12-19(14,2)17(15)10-13-18/h5,8,11,15-17H,3-4,6-7,9-10,12-13H2,1-2H3. The Morgan fingerprint density at radius 2 is 1.95 bits per heavy atom. The third-order valence-electron chi connectivity index (χ3n) is 7.34. The second kappa shape index (κ2) is 3.99. The van der Waals surface area contributed by atoms with Gasteiger partial charge in [-0.1, -0.05) is 44.1 Å². The van der Waals surface area contributed by atoms with Gasteiger partial charge in [0.25, 0.3) is 0 Å². The van der Waals surface area contributed by atoms with E-state index in [0.29, 0.717) is 10.8 Å². The highest BCUT2D eigenvalue weighted by atomic mass is 14.6. The molecule has 0 amide bonds. The van der Waals surface area contributed by atoms with Crippen LogP contribution in [0.3, 0.4) is 0 Å². The van der Waals surface area contributed by atoms with E-state index >= 15 is 0 Å². The van der Waals surface area contributed by atoms with Crippen LogP contribution in [0, 0.1) is 28.6 Å². The topological polar surface area (TPSA) is 0 Å². The summed E-state index contributed by atoms with van der Waals surface area (Å²) in [7, 11) is 0. The van der Waals surface area contributed by atoms with Gasteiger partial charge in [-0.3, -0.25) is 0 Å². The van der Waals surface area contributed by atoms with E-state index in [9.17, 15) is 0 Å². The summed E-state index contributed by atoms with van der Waals surface area (Å²) in [5.41, 5.74) is 2.96. The number of hydrogen-bond acceptors (Lipinski definition) is 0. The van der Waals surface area contributed by atoms with Crippen molar-refractivity contribution in [3.8, 4) is 0 Å². The summed E-state index contributed by atoms with van der Waals surface area (Å²) in [6.45, 7) is 5.14. The van der Waals surface area contributed by atoms with Crippen LogP contribution in [0.2, 0.25) is 0 Å². The quantitative estimate of drug-likeness (QED) is 0.502. The van der Waals surface area contributed by atoms with Crippen molar-refractivity contribution in [2.75, 3.05) is 0 Å². The van der Waals surface area contributed by atoms with E-state index in [0.717, 1.165) is 17.8 Å². The molecule has 0 N–H and O–H groups in total. The third-order valence-corrected chi connectivity index (χ3v) is 7.34. The van der Waals surface area contributed by atoms with E-state index < -0.39 is 0 Å². The molecule has 0 heterocycles. The second-order valence-corrected chi connectivity index (χ2v) is 8.15. The van der Waals surface area contributed by atoms with Crippen molar-refractivity contribution in [1.82, 2.24) is 0 Å². The average Bonchev–Trinajstić information content (AvgIpc) is 2.79. The smallest absolute Gasteiger partial charge is 0.00853 e. The highest BCUT2D eigenvalue weighted by Gasteiger charge is 2.53. The monoisotopic (exact) mass is 256 g/mol. The van der Waals surface area contributed by atoms with Crippen LogP contribution in [0.25, 0.3) is 0 Å². The number of allylic oxidation sites excluding steroid dienone is 4. The van der Waals surface area contributed by atoms with Gasteiger partial charge in [0.1, 0.15) is 0 Å². The molecule has 0 bridgehead atoms. The predicted molar refractivity (Wildman–Crippen MR) is 80.8 cm³/mol. The molecule has 104 valence electrons. The molecule has 2 saturated carbocycles. The highest BCUT2D eigenvalue weighted by Crippen LogP contribution is 2.63. The van der Waals surface area contributed by atoms with E-state index in [2.05, 4.69) is 32.1 Å². The van der Waals surface area contributed by atoms with Gasteiger partial charge < -0.3 is 0 Å².